The van der Waals surface area contributed by atoms with Crippen LogP contribution in [0.4, 0.5) is 4.39 Å². The predicted molar refractivity (Wildman–Crippen MR) is 90.1 cm³/mol. The van der Waals surface area contributed by atoms with Gasteiger partial charge in [0.1, 0.15) is 17.8 Å². The van der Waals surface area contributed by atoms with E-state index < -0.39 is 17.7 Å². The van der Waals surface area contributed by atoms with E-state index in [1.807, 2.05) is 30.3 Å². The molecule has 0 N–H and O–H groups in total. The molecule has 1 atom stereocenters. The molecule has 0 aliphatic heterocycles. The van der Waals surface area contributed by atoms with Crippen LogP contribution >= 0.6 is 0 Å². The van der Waals surface area contributed by atoms with Gasteiger partial charge in [-0.25, -0.2) is 4.39 Å². The zero-order valence-corrected chi connectivity index (χ0v) is 14.3. The van der Waals surface area contributed by atoms with E-state index in [-0.39, 0.29) is 11.0 Å². The molecular formula is C20H20FNO2. The van der Waals surface area contributed by atoms with Crippen molar-refractivity contribution in [2.24, 2.45) is 0 Å². The lowest BCUT2D eigenvalue weighted by molar-refractivity contribution is -0.141. The van der Waals surface area contributed by atoms with Gasteiger partial charge >= 0.3 is 5.97 Å². The Hall–Kier alpha value is -2.67. The number of hydrogen-bond donors (Lipinski definition) is 0. The maximum Gasteiger partial charge on any atom is 0.317 e. The first-order valence-corrected chi connectivity index (χ1v) is 7.66. The summed E-state index contributed by atoms with van der Waals surface area (Å²) in [6.07, 6.45) is 0. The van der Waals surface area contributed by atoms with E-state index in [9.17, 15) is 14.4 Å². The van der Waals surface area contributed by atoms with Gasteiger partial charge in [0.05, 0.1) is 12.7 Å². The lowest BCUT2D eigenvalue weighted by Gasteiger charge is -2.21. The normalized spacial score (nSPS) is 12.3. The van der Waals surface area contributed by atoms with Gasteiger partial charge in [0, 0.05) is 0 Å². The summed E-state index contributed by atoms with van der Waals surface area (Å²) < 4.78 is 18.8. The highest BCUT2D eigenvalue weighted by molar-refractivity contribution is 5.83. The van der Waals surface area contributed by atoms with Crippen molar-refractivity contribution in [2.45, 2.75) is 32.1 Å². The third-order valence-electron chi connectivity index (χ3n) is 4.02. The molecule has 2 aromatic carbocycles. The predicted octanol–water partition coefficient (Wildman–Crippen LogP) is 4.30. The van der Waals surface area contributed by atoms with Crippen LogP contribution in [-0.2, 0) is 14.9 Å². The molecule has 24 heavy (non-hydrogen) atoms. The maximum absolute atomic E-state index is 13.9. The highest BCUT2D eigenvalue weighted by Crippen LogP contribution is 2.31. The summed E-state index contributed by atoms with van der Waals surface area (Å²) in [4.78, 5) is 12.3. The van der Waals surface area contributed by atoms with Gasteiger partial charge in [0.2, 0.25) is 0 Å². The molecule has 0 aliphatic carbocycles. The van der Waals surface area contributed by atoms with Gasteiger partial charge in [0.25, 0.3) is 0 Å². The van der Waals surface area contributed by atoms with Gasteiger partial charge < -0.3 is 4.74 Å². The summed E-state index contributed by atoms with van der Waals surface area (Å²) in [5.41, 5.74) is 1.95. The second-order valence-corrected chi connectivity index (χ2v) is 6.64. The molecule has 124 valence electrons. The highest BCUT2D eigenvalue weighted by Gasteiger charge is 2.28. The van der Waals surface area contributed by atoms with Gasteiger partial charge in [0.15, 0.2) is 0 Å². The summed E-state index contributed by atoms with van der Waals surface area (Å²) in [6.45, 7) is 6.29. The quantitative estimate of drug-likeness (QED) is 0.791. The maximum atomic E-state index is 13.9. The number of halogens is 1. The summed E-state index contributed by atoms with van der Waals surface area (Å²) in [6, 6.07) is 13.7. The molecule has 0 bridgehead atoms. The largest absolute Gasteiger partial charge is 0.468 e. The average Bonchev–Trinajstić information content (AvgIpc) is 2.54. The van der Waals surface area contributed by atoms with Gasteiger partial charge in [-0.2, -0.15) is 5.26 Å². The molecule has 0 aromatic heterocycles. The monoisotopic (exact) mass is 325 g/mol. The van der Waals surface area contributed by atoms with E-state index in [0.717, 1.165) is 5.56 Å². The second-order valence-electron chi connectivity index (χ2n) is 6.64. The molecule has 0 saturated carbocycles. The smallest absolute Gasteiger partial charge is 0.317 e. The van der Waals surface area contributed by atoms with Crippen molar-refractivity contribution in [3.05, 3.63) is 70.5 Å². The number of rotatable bonds is 3. The molecule has 0 spiro atoms. The van der Waals surface area contributed by atoms with Crippen molar-refractivity contribution in [1.29, 1.82) is 5.26 Å². The number of benzene rings is 2. The zero-order chi connectivity index (χ0) is 17.9. The number of ether oxygens (including phenoxy) is 1. The van der Waals surface area contributed by atoms with Crippen LogP contribution in [0.15, 0.2) is 42.5 Å². The second kappa shape index (κ2) is 6.84. The van der Waals surface area contributed by atoms with Crippen LogP contribution in [0.5, 0.6) is 0 Å². The molecule has 3 nitrogen and oxygen atoms in total. The first-order chi connectivity index (χ1) is 11.3. The van der Waals surface area contributed by atoms with Crippen LogP contribution in [0.3, 0.4) is 0 Å². The fraction of sp³-hybridized carbons (Fsp3) is 0.300. The fourth-order valence-electron chi connectivity index (χ4n) is 2.64. The standard InChI is InChI=1S/C20H20FNO2/c1-20(2,3)14-10-8-13(9-11-14)18(19(23)24-4)15-6-5-7-17(21)16(15)12-22/h5-11,18H,1-4H3. The summed E-state index contributed by atoms with van der Waals surface area (Å²) >= 11 is 0. The third kappa shape index (κ3) is 3.46. The van der Waals surface area contributed by atoms with Crippen molar-refractivity contribution in [3.8, 4) is 6.07 Å². The Morgan fingerprint density at radius 3 is 2.29 bits per heavy atom. The summed E-state index contributed by atoms with van der Waals surface area (Å²) in [5, 5.41) is 9.26. The Labute approximate surface area is 141 Å². The Morgan fingerprint density at radius 1 is 1.17 bits per heavy atom. The number of methoxy groups -OCH3 is 1. The van der Waals surface area contributed by atoms with Crippen molar-refractivity contribution < 1.29 is 13.9 Å². The molecule has 0 heterocycles. The minimum atomic E-state index is -0.839. The first-order valence-electron chi connectivity index (χ1n) is 7.66. The number of carbonyl (C=O) groups excluding carboxylic acids is 1. The van der Waals surface area contributed by atoms with E-state index in [2.05, 4.69) is 20.8 Å². The van der Waals surface area contributed by atoms with Crippen LogP contribution in [0.25, 0.3) is 0 Å². The van der Waals surface area contributed by atoms with Crippen molar-refractivity contribution in [2.75, 3.05) is 7.11 Å². The van der Waals surface area contributed by atoms with Gasteiger partial charge in [-0.05, 0) is 28.2 Å². The Bertz CT molecular complexity index is 783. The SMILES string of the molecule is COC(=O)C(c1ccc(C(C)(C)C)cc1)c1cccc(F)c1C#N. The number of hydrogen-bond acceptors (Lipinski definition) is 3. The molecule has 0 fully saturated rings. The zero-order valence-electron chi connectivity index (χ0n) is 14.3. The molecule has 2 aromatic rings. The van der Waals surface area contributed by atoms with E-state index in [1.54, 1.807) is 6.07 Å². The molecule has 2 rings (SSSR count). The van der Waals surface area contributed by atoms with Crippen LogP contribution in [-0.4, -0.2) is 13.1 Å². The van der Waals surface area contributed by atoms with Crippen molar-refractivity contribution >= 4 is 5.97 Å². The van der Waals surface area contributed by atoms with Crippen LogP contribution in [0.2, 0.25) is 0 Å². The Morgan fingerprint density at radius 2 is 1.79 bits per heavy atom. The van der Waals surface area contributed by atoms with E-state index in [4.69, 9.17) is 4.74 Å². The topological polar surface area (TPSA) is 50.1 Å². The molecule has 4 heteroatoms. The van der Waals surface area contributed by atoms with Gasteiger partial charge in [-0.15, -0.1) is 0 Å². The molecular weight excluding hydrogens is 305 g/mol. The lowest BCUT2D eigenvalue weighted by atomic mass is 9.83. The first kappa shape index (κ1) is 17.7. The number of nitriles is 1. The molecule has 0 saturated heterocycles. The van der Waals surface area contributed by atoms with E-state index >= 15 is 0 Å². The number of carbonyl (C=O) groups is 1. The number of nitrogens with zero attached hydrogens (tertiary/aromatic N) is 1. The lowest BCUT2D eigenvalue weighted by Crippen LogP contribution is -2.18. The highest BCUT2D eigenvalue weighted by atomic mass is 19.1. The third-order valence-corrected chi connectivity index (χ3v) is 4.02. The summed E-state index contributed by atoms with van der Waals surface area (Å²) in [7, 11) is 1.28. The van der Waals surface area contributed by atoms with Crippen LogP contribution < -0.4 is 0 Å². The van der Waals surface area contributed by atoms with Crippen LogP contribution in [0, 0.1) is 17.1 Å². The molecule has 0 radical (unpaired) electrons. The molecule has 0 aliphatic rings. The average molecular weight is 325 g/mol. The van der Waals surface area contributed by atoms with E-state index in [1.165, 1.54) is 19.2 Å². The fourth-order valence-corrected chi connectivity index (χ4v) is 2.64. The van der Waals surface area contributed by atoms with Gasteiger partial charge in [-0.3, -0.25) is 4.79 Å². The number of esters is 1. The molecule has 0 amide bonds. The van der Waals surface area contributed by atoms with Gasteiger partial charge in [-0.1, -0.05) is 57.2 Å². The van der Waals surface area contributed by atoms with Crippen LogP contribution in [0.1, 0.15) is 48.9 Å². The van der Waals surface area contributed by atoms with Crippen molar-refractivity contribution in [3.63, 3.8) is 0 Å². The minimum absolute atomic E-state index is 0.0179. The Kier molecular flexibility index (Phi) is 5.04. The van der Waals surface area contributed by atoms with Crippen molar-refractivity contribution in [1.82, 2.24) is 0 Å². The minimum Gasteiger partial charge on any atom is -0.468 e. The summed E-state index contributed by atoms with van der Waals surface area (Å²) in [5.74, 6) is -2.01. The van der Waals surface area contributed by atoms with E-state index in [0.29, 0.717) is 11.1 Å². The molecule has 1 unspecified atom stereocenters. The Balaban J connectivity index is 2.58.